The Morgan fingerprint density at radius 3 is 2.07 bits per heavy atom. The first-order chi connectivity index (χ1) is 20.7. The predicted molar refractivity (Wildman–Crippen MR) is 168 cm³/mol. The van der Waals surface area contributed by atoms with Gasteiger partial charge >= 0.3 is 0 Å². The highest BCUT2D eigenvalue weighted by atomic mass is 32.2. The maximum absolute atomic E-state index is 14.4. The zero-order chi connectivity index (χ0) is 30.8. The topological polar surface area (TPSA) is 96.0 Å². The third kappa shape index (κ3) is 8.02. The van der Waals surface area contributed by atoms with Crippen LogP contribution >= 0.6 is 0 Å². The fourth-order valence-corrected chi connectivity index (χ4v) is 6.16. The van der Waals surface area contributed by atoms with Crippen LogP contribution in [0.25, 0.3) is 0 Å². The molecule has 2 amide bonds. The summed E-state index contributed by atoms with van der Waals surface area (Å²) < 4.78 is 34.6. The van der Waals surface area contributed by atoms with Crippen molar-refractivity contribution < 1.29 is 22.7 Å². The number of hydrogen-bond donors (Lipinski definition) is 1. The van der Waals surface area contributed by atoms with E-state index >= 15 is 0 Å². The molecule has 8 nitrogen and oxygen atoms in total. The minimum absolute atomic E-state index is 0.0490. The number of nitrogens with one attached hydrogen (secondary N) is 1. The monoisotopic (exact) mass is 599 g/mol. The summed E-state index contributed by atoms with van der Waals surface area (Å²) >= 11 is 0. The average Bonchev–Trinajstić information content (AvgIpc) is 3.02. The van der Waals surface area contributed by atoms with Crippen molar-refractivity contribution in [3.05, 3.63) is 126 Å². The van der Waals surface area contributed by atoms with Crippen molar-refractivity contribution in [1.29, 1.82) is 0 Å². The number of carbonyl (C=O) groups excluding carboxylic acids is 2. The van der Waals surface area contributed by atoms with Gasteiger partial charge in [0, 0.05) is 25.6 Å². The maximum Gasteiger partial charge on any atom is 0.264 e. The van der Waals surface area contributed by atoms with Crippen LogP contribution in [0.15, 0.2) is 114 Å². The standard InChI is InChI=1S/C34H37N3O5S/c1-4-35-34(39)32(22-27-12-7-5-8-13-27)36(24-28-14-9-6-10-15-28)33(38)25-37(29-16-11-17-30(23-29)42-3)43(40,41)31-20-18-26(2)19-21-31/h5-21,23,32H,4,22,24-25H2,1-3H3,(H,35,39)/t32-/m0/s1. The highest BCUT2D eigenvalue weighted by Crippen LogP contribution is 2.28. The molecule has 0 radical (unpaired) electrons. The van der Waals surface area contributed by atoms with Crippen LogP contribution < -0.4 is 14.4 Å². The van der Waals surface area contributed by atoms with E-state index in [2.05, 4.69) is 5.32 Å². The van der Waals surface area contributed by atoms with Crippen molar-refractivity contribution in [2.24, 2.45) is 0 Å². The zero-order valence-corrected chi connectivity index (χ0v) is 25.5. The summed E-state index contributed by atoms with van der Waals surface area (Å²) in [6.07, 6.45) is 0.259. The Labute approximate surface area is 254 Å². The third-order valence-electron chi connectivity index (χ3n) is 7.05. The molecule has 4 aromatic rings. The molecule has 0 saturated heterocycles. The first-order valence-corrected chi connectivity index (χ1v) is 15.6. The Balaban J connectivity index is 1.79. The first-order valence-electron chi connectivity index (χ1n) is 14.1. The normalized spacial score (nSPS) is 11.8. The van der Waals surface area contributed by atoms with Gasteiger partial charge in [-0.05, 0) is 49.2 Å². The van der Waals surface area contributed by atoms with E-state index in [1.807, 2.05) is 74.5 Å². The molecule has 0 spiro atoms. The molecule has 0 heterocycles. The molecule has 224 valence electrons. The summed E-state index contributed by atoms with van der Waals surface area (Å²) in [5, 5.41) is 2.87. The molecule has 0 aromatic heterocycles. The van der Waals surface area contributed by atoms with Crippen molar-refractivity contribution in [2.45, 2.75) is 37.8 Å². The summed E-state index contributed by atoms with van der Waals surface area (Å²) in [4.78, 5) is 29.4. The van der Waals surface area contributed by atoms with E-state index in [9.17, 15) is 18.0 Å². The number of likely N-dealkylation sites (N-methyl/N-ethyl adjacent to an activating group) is 1. The summed E-state index contributed by atoms with van der Waals surface area (Å²) in [6, 6.07) is 31.0. The summed E-state index contributed by atoms with van der Waals surface area (Å²) in [6.45, 7) is 3.66. The molecular formula is C34H37N3O5S. The van der Waals surface area contributed by atoms with Gasteiger partial charge in [0.05, 0.1) is 17.7 Å². The van der Waals surface area contributed by atoms with E-state index in [1.165, 1.54) is 24.1 Å². The lowest BCUT2D eigenvalue weighted by atomic mass is 10.0. The molecule has 43 heavy (non-hydrogen) atoms. The van der Waals surface area contributed by atoms with Gasteiger partial charge in [-0.2, -0.15) is 0 Å². The maximum atomic E-state index is 14.4. The van der Waals surface area contributed by atoms with Gasteiger partial charge in [-0.15, -0.1) is 0 Å². The zero-order valence-electron chi connectivity index (χ0n) is 24.6. The smallest absolute Gasteiger partial charge is 0.264 e. The summed E-state index contributed by atoms with van der Waals surface area (Å²) in [5.74, 6) is -0.390. The number of amides is 2. The molecule has 0 aliphatic carbocycles. The Kier molecular flexibility index (Phi) is 10.6. The highest BCUT2D eigenvalue weighted by molar-refractivity contribution is 7.92. The second-order valence-electron chi connectivity index (χ2n) is 10.1. The van der Waals surface area contributed by atoms with Crippen molar-refractivity contribution in [2.75, 3.05) is 24.5 Å². The van der Waals surface area contributed by atoms with E-state index in [0.29, 0.717) is 12.3 Å². The van der Waals surface area contributed by atoms with E-state index in [4.69, 9.17) is 4.74 Å². The van der Waals surface area contributed by atoms with Gasteiger partial charge in [0.1, 0.15) is 18.3 Å². The quantitative estimate of drug-likeness (QED) is 0.234. The number of rotatable bonds is 13. The second kappa shape index (κ2) is 14.5. The first kappa shape index (κ1) is 31.3. The fourth-order valence-electron chi connectivity index (χ4n) is 4.76. The van der Waals surface area contributed by atoms with Crippen LogP contribution in [-0.4, -0.2) is 51.4 Å². The van der Waals surface area contributed by atoms with Crippen molar-refractivity contribution in [3.8, 4) is 5.75 Å². The number of ether oxygens (including phenoxy) is 1. The van der Waals surface area contributed by atoms with Gasteiger partial charge < -0.3 is 15.0 Å². The third-order valence-corrected chi connectivity index (χ3v) is 8.84. The number of sulfonamides is 1. The second-order valence-corrected chi connectivity index (χ2v) is 12.0. The van der Waals surface area contributed by atoms with Gasteiger partial charge in [-0.1, -0.05) is 84.4 Å². The Bertz CT molecular complexity index is 1610. The number of aryl methyl sites for hydroxylation is 1. The van der Waals surface area contributed by atoms with E-state index in [0.717, 1.165) is 21.0 Å². The van der Waals surface area contributed by atoms with Crippen molar-refractivity contribution in [1.82, 2.24) is 10.2 Å². The number of nitrogens with zero attached hydrogens (tertiary/aromatic N) is 2. The number of benzene rings is 4. The minimum atomic E-state index is -4.18. The fraction of sp³-hybridized carbons (Fsp3) is 0.235. The molecule has 4 aromatic carbocycles. The Morgan fingerprint density at radius 1 is 0.837 bits per heavy atom. The molecule has 1 N–H and O–H groups in total. The number of carbonyl (C=O) groups is 2. The van der Waals surface area contributed by atoms with Crippen LogP contribution in [0, 0.1) is 6.92 Å². The molecule has 0 fully saturated rings. The highest BCUT2D eigenvalue weighted by Gasteiger charge is 2.34. The molecular weight excluding hydrogens is 562 g/mol. The van der Waals surface area contributed by atoms with E-state index in [-0.39, 0.29) is 29.5 Å². The molecule has 0 unspecified atom stereocenters. The van der Waals surface area contributed by atoms with E-state index < -0.39 is 28.5 Å². The molecule has 0 bridgehead atoms. The Morgan fingerprint density at radius 2 is 1.47 bits per heavy atom. The van der Waals surface area contributed by atoms with Gasteiger partial charge in [0.15, 0.2) is 0 Å². The van der Waals surface area contributed by atoms with Crippen LogP contribution in [0.5, 0.6) is 5.75 Å². The molecule has 9 heteroatoms. The van der Waals surface area contributed by atoms with Crippen molar-refractivity contribution >= 4 is 27.5 Å². The lowest BCUT2D eigenvalue weighted by molar-refractivity contribution is -0.140. The minimum Gasteiger partial charge on any atom is -0.497 e. The van der Waals surface area contributed by atoms with E-state index in [1.54, 1.807) is 36.4 Å². The number of methoxy groups -OCH3 is 1. The predicted octanol–water partition coefficient (Wildman–Crippen LogP) is 4.98. The molecule has 0 aliphatic heterocycles. The lowest BCUT2D eigenvalue weighted by Crippen LogP contribution is -2.53. The van der Waals surface area contributed by atoms with Crippen LogP contribution in [-0.2, 0) is 32.6 Å². The summed E-state index contributed by atoms with van der Waals surface area (Å²) in [7, 11) is -2.69. The average molecular weight is 600 g/mol. The van der Waals surface area contributed by atoms with Crippen LogP contribution in [0.2, 0.25) is 0 Å². The molecule has 4 rings (SSSR count). The number of anilines is 1. The molecule has 0 saturated carbocycles. The SMILES string of the molecule is CCNC(=O)[C@H](Cc1ccccc1)N(Cc1ccccc1)C(=O)CN(c1cccc(OC)c1)S(=O)(=O)c1ccc(C)cc1. The summed E-state index contributed by atoms with van der Waals surface area (Å²) in [5.41, 5.74) is 2.86. The van der Waals surface area contributed by atoms with Gasteiger partial charge in [0.2, 0.25) is 11.8 Å². The Hall–Kier alpha value is -4.63. The lowest BCUT2D eigenvalue weighted by Gasteiger charge is -2.34. The van der Waals surface area contributed by atoms with Gasteiger partial charge in [-0.3, -0.25) is 13.9 Å². The molecule has 1 atom stereocenters. The number of hydrogen-bond acceptors (Lipinski definition) is 5. The van der Waals surface area contributed by atoms with Gasteiger partial charge in [-0.25, -0.2) is 8.42 Å². The van der Waals surface area contributed by atoms with Crippen molar-refractivity contribution in [3.63, 3.8) is 0 Å². The largest absolute Gasteiger partial charge is 0.497 e. The van der Waals surface area contributed by atoms with Gasteiger partial charge in [0.25, 0.3) is 10.0 Å². The van der Waals surface area contributed by atoms with Crippen LogP contribution in [0.1, 0.15) is 23.6 Å². The van der Waals surface area contributed by atoms with Crippen LogP contribution in [0.3, 0.4) is 0 Å². The molecule has 0 aliphatic rings. The van der Waals surface area contributed by atoms with Crippen LogP contribution in [0.4, 0.5) is 5.69 Å².